The third-order valence-electron chi connectivity index (χ3n) is 12.3. The molecule has 3 aromatic carbocycles. The number of fused-ring (bicyclic) bond motifs is 3. The maximum atomic E-state index is 15.2. The van der Waals surface area contributed by atoms with E-state index >= 15 is 4.57 Å². The minimum atomic E-state index is -4.72. The molecular weight excluding hydrogens is 982 g/mol. The molecule has 23 nitrogen and oxygen atoms in total. The average Bonchev–Trinajstić information content (AvgIpc) is 4.09. The van der Waals surface area contributed by atoms with Gasteiger partial charge in [-0.05, 0) is 57.9 Å². The molecule has 0 saturated carbocycles. The van der Waals surface area contributed by atoms with E-state index < -0.39 is 87.1 Å². The van der Waals surface area contributed by atoms with Gasteiger partial charge in [0.25, 0.3) is 0 Å². The lowest BCUT2D eigenvalue weighted by atomic mass is 9.96. The number of anilines is 2. The molecule has 2 aliphatic heterocycles. The summed E-state index contributed by atoms with van der Waals surface area (Å²) in [5.74, 6) is -0.603. The Labute approximate surface area is 414 Å². The molecule has 11 atom stereocenters. The largest absolute Gasteiger partial charge is 0.484 e. The van der Waals surface area contributed by atoms with E-state index in [-0.39, 0.29) is 29.0 Å². The zero-order valence-corrected chi connectivity index (χ0v) is 41.6. The van der Waals surface area contributed by atoms with Crippen molar-refractivity contribution in [2.75, 3.05) is 37.2 Å². The number of carbonyl (C=O) groups excluding carboxylic acids is 1. The monoisotopic (exact) mass is 1030 g/mol. The second-order valence-corrected chi connectivity index (χ2v) is 20.6. The number of nitrogens with one attached hydrogen (secondary N) is 1. The number of rotatable bonds is 17. The highest BCUT2D eigenvalue weighted by Gasteiger charge is 2.57. The number of aliphatic hydroxyl groups excluding tert-OH is 2. The van der Waals surface area contributed by atoms with E-state index in [4.69, 9.17) is 39.5 Å². The van der Waals surface area contributed by atoms with Crippen molar-refractivity contribution in [2.45, 2.75) is 98.0 Å². The number of esters is 1. The van der Waals surface area contributed by atoms with Crippen molar-refractivity contribution in [3.05, 3.63) is 84.9 Å². The summed E-state index contributed by atoms with van der Waals surface area (Å²) in [6.45, 7) is 4.81. The highest BCUT2D eigenvalue weighted by Crippen LogP contribution is 2.51. The number of carbonyl (C=O) groups is 1. The van der Waals surface area contributed by atoms with Gasteiger partial charge in [-0.1, -0.05) is 54.6 Å². The van der Waals surface area contributed by atoms with Gasteiger partial charge in [-0.3, -0.25) is 18.5 Å². The summed E-state index contributed by atoms with van der Waals surface area (Å²) in [5, 5.41) is 50.5. The van der Waals surface area contributed by atoms with Crippen molar-refractivity contribution in [2.24, 2.45) is 0 Å². The van der Waals surface area contributed by atoms with Crippen molar-refractivity contribution >= 4 is 82.2 Å². The third-order valence-corrected chi connectivity index (χ3v) is 15.3. The third kappa shape index (κ3) is 9.47. The molecule has 2 fully saturated rings. The van der Waals surface area contributed by atoms with Crippen molar-refractivity contribution < 1.29 is 57.8 Å². The van der Waals surface area contributed by atoms with Crippen molar-refractivity contribution in [3.63, 3.8) is 0 Å². The minimum Gasteiger partial charge on any atom is -0.484 e. The molecule has 0 amide bonds. The summed E-state index contributed by atoms with van der Waals surface area (Å²) in [6.07, 6.45) is -1.86. The first-order chi connectivity index (χ1) is 33.9. The SMILES string of the molecule is CSc1nc(N)nc2c1ncn2C1O[C@H](COP(=O)(N[C@@H](C)C(=O)O[C@@H](C)c2ccccc2)Oc2ccc(O[C@@H]3[C@@H](CO)O[C@@H](n4cnc5c(SC)nc(N)nc54)[C@]3(C)O)c3ccccc23)[C@@H](O)[C@@]1(C)O. The van der Waals surface area contributed by atoms with Gasteiger partial charge in [0.05, 0.1) is 25.9 Å². The van der Waals surface area contributed by atoms with Gasteiger partial charge in [0.15, 0.2) is 29.9 Å². The number of nitrogens with two attached hydrogens (primary N) is 2. The first-order valence-corrected chi connectivity index (χ1v) is 26.1. The summed E-state index contributed by atoms with van der Waals surface area (Å²) in [6, 6.07) is 17.5. The van der Waals surface area contributed by atoms with Gasteiger partial charge < -0.3 is 55.4 Å². The van der Waals surface area contributed by atoms with Gasteiger partial charge in [-0.25, -0.2) is 24.5 Å². The van der Waals surface area contributed by atoms with Crippen LogP contribution >= 0.6 is 31.3 Å². The van der Waals surface area contributed by atoms with E-state index in [9.17, 15) is 25.2 Å². The Morgan fingerprint density at radius 3 is 1.93 bits per heavy atom. The van der Waals surface area contributed by atoms with Crippen molar-refractivity contribution in [3.8, 4) is 11.5 Å². The van der Waals surface area contributed by atoms with Crippen LogP contribution in [-0.2, 0) is 28.1 Å². The topological polar surface area (TPSA) is 322 Å². The number of hydrogen-bond acceptors (Lipinski definition) is 22. The minimum absolute atomic E-state index is 0.00333. The highest BCUT2D eigenvalue weighted by atomic mass is 32.2. The number of nitrogen functional groups attached to an aromatic ring is 2. The van der Waals surface area contributed by atoms with E-state index in [0.29, 0.717) is 37.5 Å². The fourth-order valence-electron chi connectivity index (χ4n) is 8.70. The number of ether oxygens (including phenoxy) is 4. The summed E-state index contributed by atoms with van der Waals surface area (Å²) in [4.78, 5) is 39.6. The molecule has 4 aromatic heterocycles. The molecule has 0 spiro atoms. The van der Waals surface area contributed by atoms with E-state index in [1.807, 2.05) is 24.5 Å². The quantitative estimate of drug-likeness (QED) is 0.0289. The molecule has 6 heterocycles. The summed E-state index contributed by atoms with van der Waals surface area (Å²) >= 11 is 2.62. The van der Waals surface area contributed by atoms with Gasteiger partial charge in [-0.15, -0.1) is 23.5 Å². The Kier molecular flexibility index (Phi) is 14.0. The van der Waals surface area contributed by atoms with Gasteiger partial charge in [0.1, 0.15) is 74.2 Å². The van der Waals surface area contributed by atoms with Gasteiger partial charge in [-0.2, -0.15) is 15.1 Å². The molecule has 376 valence electrons. The molecule has 2 saturated heterocycles. The first kappa shape index (κ1) is 50.2. The Morgan fingerprint density at radius 2 is 1.35 bits per heavy atom. The van der Waals surface area contributed by atoms with E-state index in [1.54, 1.807) is 49.6 Å². The van der Waals surface area contributed by atoms with E-state index in [0.717, 1.165) is 5.56 Å². The summed E-state index contributed by atoms with van der Waals surface area (Å²) < 4.78 is 55.2. The van der Waals surface area contributed by atoms with Crippen LogP contribution in [0.4, 0.5) is 11.9 Å². The number of aromatic nitrogens is 8. The van der Waals surface area contributed by atoms with Gasteiger partial charge in [0, 0.05) is 10.8 Å². The Morgan fingerprint density at radius 1 is 0.817 bits per heavy atom. The smallest absolute Gasteiger partial charge is 0.459 e. The number of imidazole rings is 2. The predicted molar refractivity (Wildman–Crippen MR) is 261 cm³/mol. The number of benzene rings is 3. The first-order valence-electron chi connectivity index (χ1n) is 22.2. The fourth-order valence-corrected chi connectivity index (χ4v) is 11.3. The summed E-state index contributed by atoms with van der Waals surface area (Å²) in [5.41, 5.74) is 10.3. The number of thioether (sulfide) groups is 2. The van der Waals surface area contributed by atoms with Crippen LogP contribution in [0.15, 0.2) is 89.4 Å². The molecule has 9 N–H and O–H groups in total. The number of hydrogen-bond donors (Lipinski definition) is 7. The highest BCUT2D eigenvalue weighted by molar-refractivity contribution is 7.99. The van der Waals surface area contributed by atoms with E-state index in [1.165, 1.54) is 78.2 Å². The van der Waals surface area contributed by atoms with Crippen molar-refractivity contribution in [1.82, 2.24) is 44.1 Å². The maximum absolute atomic E-state index is 15.2. The zero-order chi connectivity index (χ0) is 50.6. The molecule has 2 aliphatic rings. The predicted octanol–water partition coefficient (Wildman–Crippen LogP) is 4.31. The number of aliphatic hydroxyl groups is 4. The standard InChI is InChI=1S/C45H52N11O12PS2/c1-22(39(59)64-23(2)24-12-8-7-9-13-24)54-69(62,63-19-30-33(58)44(3,60)40(67-30)55-20-48-31-35(55)50-42(46)52-37(31)70-5)68-28-17-16-27(25-14-10-11-15-26(25)28)65-34-29(18-57)66-41(45(34,4)61)56-21-49-32-36(56)51-43(47)53-38(32)71-6/h7-17,20-23,29-30,33-34,40-41,57-58,60-61H,18-19H2,1-6H3,(H,54,62)(H2,46,50,52)(H2,47,51,53)/t22-,23-,29+,30+,33+,34+,40?,41+,44+,45+,69?/m0/s1. The molecule has 9 rings (SSSR count). The lowest BCUT2D eigenvalue weighted by molar-refractivity contribution is -0.150. The second kappa shape index (κ2) is 19.7. The molecule has 0 radical (unpaired) electrons. The zero-order valence-electron chi connectivity index (χ0n) is 39.1. The van der Waals surface area contributed by atoms with Crippen LogP contribution in [-0.4, -0.2) is 133 Å². The number of nitrogens with zero attached hydrogens (tertiary/aromatic N) is 8. The van der Waals surface area contributed by atoms with Crippen LogP contribution in [0.2, 0.25) is 0 Å². The molecular formula is C45H52N11O12PS2. The average molecular weight is 1030 g/mol. The van der Waals surface area contributed by atoms with Crippen LogP contribution in [0.3, 0.4) is 0 Å². The van der Waals surface area contributed by atoms with Gasteiger partial charge >= 0.3 is 13.7 Å². The lowest BCUT2D eigenvalue weighted by Crippen LogP contribution is -2.48. The van der Waals surface area contributed by atoms with Crippen molar-refractivity contribution in [1.29, 1.82) is 0 Å². The molecule has 0 bridgehead atoms. The maximum Gasteiger partial charge on any atom is 0.459 e. The van der Waals surface area contributed by atoms with Crippen LogP contribution in [0.5, 0.6) is 11.5 Å². The normalized spacial score (nSPS) is 26.2. The lowest BCUT2D eigenvalue weighted by Gasteiger charge is -2.31. The van der Waals surface area contributed by atoms with E-state index in [2.05, 4.69) is 35.0 Å². The Balaban J connectivity index is 1.00. The Bertz CT molecular complexity index is 3150. The molecule has 71 heavy (non-hydrogen) atoms. The van der Waals surface area contributed by atoms with Crippen LogP contribution in [0.25, 0.3) is 33.1 Å². The summed E-state index contributed by atoms with van der Waals surface area (Å²) in [7, 11) is -4.72. The van der Waals surface area contributed by atoms with Crippen LogP contribution in [0, 0.1) is 0 Å². The molecule has 26 heteroatoms. The Hall–Kier alpha value is -5.70. The molecule has 0 aliphatic carbocycles. The van der Waals surface area contributed by atoms with Gasteiger partial charge in [0.2, 0.25) is 11.9 Å². The molecule has 7 aromatic rings. The fraction of sp³-hybridized carbons (Fsp3) is 0.400. The molecule has 2 unspecified atom stereocenters. The van der Waals surface area contributed by atoms with Crippen LogP contribution < -0.4 is 25.8 Å². The van der Waals surface area contributed by atoms with Crippen LogP contribution in [0.1, 0.15) is 51.8 Å². The second-order valence-electron chi connectivity index (χ2n) is 17.3.